The second-order valence-electron chi connectivity index (χ2n) is 5.88. The molecule has 1 saturated heterocycles. The van der Waals surface area contributed by atoms with Crippen LogP contribution in [-0.2, 0) is 0 Å². The van der Waals surface area contributed by atoms with Gasteiger partial charge >= 0.3 is 0 Å². The summed E-state index contributed by atoms with van der Waals surface area (Å²) in [5.74, 6) is 0.887. The van der Waals surface area contributed by atoms with Gasteiger partial charge in [0.2, 0.25) is 0 Å². The fourth-order valence-electron chi connectivity index (χ4n) is 3.25. The van der Waals surface area contributed by atoms with Gasteiger partial charge in [-0.25, -0.2) is 0 Å². The van der Waals surface area contributed by atoms with Crippen LogP contribution >= 0.6 is 0 Å². The first-order chi connectivity index (χ1) is 11.3. The zero-order chi connectivity index (χ0) is 16.1. The minimum absolute atomic E-state index is 0.277. The van der Waals surface area contributed by atoms with E-state index in [0.717, 1.165) is 31.9 Å². The Morgan fingerprint density at radius 1 is 0.957 bits per heavy atom. The molecule has 4 nitrogen and oxygen atoms in total. The van der Waals surface area contributed by atoms with Crippen LogP contribution in [0, 0.1) is 0 Å². The number of methoxy groups -OCH3 is 1. The second-order valence-corrected chi connectivity index (χ2v) is 5.88. The molecule has 1 fully saturated rings. The zero-order valence-corrected chi connectivity index (χ0v) is 13.7. The number of benzene rings is 2. The second kappa shape index (κ2) is 7.49. The van der Waals surface area contributed by atoms with Crippen LogP contribution in [0.3, 0.4) is 0 Å². The Morgan fingerprint density at radius 2 is 1.61 bits per heavy atom. The molecule has 4 heteroatoms. The summed E-state index contributed by atoms with van der Waals surface area (Å²) in [5.41, 5.74) is 8.64. The monoisotopic (exact) mass is 311 g/mol. The van der Waals surface area contributed by atoms with E-state index in [1.54, 1.807) is 7.11 Å². The maximum atomic E-state index is 6.07. The highest BCUT2D eigenvalue weighted by Crippen LogP contribution is 2.25. The minimum Gasteiger partial charge on any atom is -0.497 e. The Hall–Kier alpha value is -2.04. The van der Waals surface area contributed by atoms with Crippen LogP contribution in [0.2, 0.25) is 0 Å². The Kier molecular flexibility index (Phi) is 5.16. The summed E-state index contributed by atoms with van der Waals surface area (Å²) in [4.78, 5) is 4.93. The first-order valence-electron chi connectivity index (χ1n) is 8.20. The fourth-order valence-corrected chi connectivity index (χ4v) is 3.25. The van der Waals surface area contributed by atoms with Gasteiger partial charge in [-0.05, 0) is 29.8 Å². The quantitative estimate of drug-likeness (QED) is 0.921. The van der Waals surface area contributed by atoms with Gasteiger partial charge in [-0.2, -0.15) is 0 Å². The van der Waals surface area contributed by atoms with E-state index in [1.807, 2.05) is 12.1 Å². The van der Waals surface area contributed by atoms with E-state index in [-0.39, 0.29) is 6.04 Å². The van der Waals surface area contributed by atoms with Gasteiger partial charge in [-0.3, -0.25) is 4.90 Å². The third-order valence-corrected chi connectivity index (χ3v) is 4.60. The highest BCUT2D eigenvalue weighted by atomic mass is 16.5. The van der Waals surface area contributed by atoms with Crippen molar-refractivity contribution in [1.29, 1.82) is 0 Å². The molecule has 122 valence electrons. The highest BCUT2D eigenvalue weighted by molar-refractivity contribution is 5.46. The molecular weight excluding hydrogens is 286 g/mol. The summed E-state index contributed by atoms with van der Waals surface area (Å²) in [5, 5.41) is 0. The Bertz CT molecular complexity index is 592. The van der Waals surface area contributed by atoms with Gasteiger partial charge < -0.3 is 15.4 Å². The van der Waals surface area contributed by atoms with Crippen LogP contribution < -0.4 is 15.4 Å². The van der Waals surface area contributed by atoms with Crippen molar-refractivity contribution in [2.45, 2.75) is 6.04 Å². The summed E-state index contributed by atoms with van der Waals surface area (Å²) >= 11 is 0. The molecule has 2 N–H and O–H groups in total. The maximum Gasteiger partial charge on any atom is 0.118 e. The molecule has 0 unspecified atom stereocenters. The molecule has 1 aliphatic heterocycles. The smallest absolute Gasteiger partial charge is 0.118 e. The molecule has 0 aliphatic carbocycles. The van der Waals surface area contributed by atoms with Crippen molar-refractivity contribution in [2.75, 3.05) is 44.7 Å². The summed E-state index contributed by atoms with van der Waals surface area (Å²) in [6, 6.07) is 19.2. The van der Waals surface area contributed by atoms with Gasteiger partial charge in [0.25, 0.3) is 0 Å². The van der Waals surface area contributed by atoms with Gasteiger partial charge in [0.15, 0.2) is 0 Å². The summed E-state index contributed by atoms with van der Waals surface area (Å²) < 4.78 is 5.24. The van der Waals surface area contributed by atoms with Crippen LogP contribution in [0.25, 0.3) is 0 Å². The molecule has 2 aromatic carbocycles. The molecule has 0 amide bonds. The van der Waals surface area contributed by atoms with Gasteiger partial charge in [-0.1, -0.05) is 30.3 Å². The number of anilines is 1. The molecule has 1 atom stereocenters. The highest BCUT2D eigenvalue weighted by Gasteiger charge is 2.24. The van der Waals surface area contributed by atoms with Gasteiger partial charge in [0.1, 0.15) is 5.75 Å². The van der Waals surface area contributed by atoms with Crippen LogP contribution in [0.5, 0.6) is 5.75 Å². The molecule has 0 aromatic heterocycles. The predicted octanol–water partition coefficient (Wildman–Crippen LogP) is 2.52. The van der Waals surface area contributed by atoms with Crippen LogP contribution in [0.15, 0.2) is 54.6 Å². The normalized spacial score (nSPS) is 17.0. The Morgan fingerprint density at radius 3 is 2.17 bits per heavy atom. The average Bonchev–Trinajstić information content (AvgIpc) is 2.64. The Labute approximate surface area is 138 Å². The third-order valence-electron chi connectivity index (χ3n) is 4.60. The molecule has 2 aromatic rings. The Balaban J connectivity index is 1.65. The molecule has 3 rings (SSSR count). The van der Waals surface area contributed by atoms with Crippen molar-refractivity contribution in [3.8, 4) is 5.75 Å². The lowest BCUT2D eigenvalue weighted by molar-refractivity contribution is 0.190. The number of para-hydroxylation sites is 1. The molecular formula is C19H25N3O. The van der Waals surface area contributed by atoms with Crippen molar-refractivity contribution >= 4 is 5.69 Å². The first kappa shape index (κ1) is 15.8. The number of piperazine rings is 1. The van der Waals surface area contributed by atoms with Gasteiger partial charge in [0, 0.05) is 44.5 Å². The molecule has 0 radical (unpaired) electrons. The molecule has 0 spiro atoms. The lowest BCUT2D eigenvalue weighted by Crippen LogP contribution is -2.49. The van der Waals surface area contributed by atoms with Gasteiger partial charge in [0.05, 0.1) is 7.11 Å². The van der Waals surface area contributed by atoms with Crippen molar-refractivity contribution in [2.24, 2.45) is 5.73 Å². The van der Waals surface area contributed by atoms with Crippen molar-refractivity contribution < 1.29 is 4.74 Å². The number of hydrogen-bond donors (Lipinski definition) is 1. The topological polar surface area (TPSA) is 41.7 Å². The van der Waals surface area contributed by atoms with E-state index in [9.17, 15) is 0 Å². The third kappa shape index (κ3) is 3.66. The van der Waals surface area contributed by atoms with Crippen LogP contribution in [0.1, 0.15) is 11.6 Å². The zero-order valence-electron chi connectivity index (χ0n) is 13.7. The maximum absolute atomic E-state index is 6.07. The van der Waals surface area contributed by atoms with E-state index in [1.165, 1.54) is 11.3 Å². The molecule has 0 bridgehead atoms. The van der Waals surface area contributed by atoms with E-state index < -0.39 is 0 Å². The number of nitrogens with two attached hydrogens (primary N) is 1. The predicted molar refractivity (Wildman–Crippen MR) is 95.0 cm³/mol. The van der Waals surface area contributed by atoms with E-state index >= 15 is 0 Å². The lowest BCUT2D eigenvalue weighted by atomic mass is 10.0. The van der Waals surface area contributed by atoms with E-state index in [4.69, 9.17) is 10.5 Å². The summed E-state index contributed by atoms with van der Waals surface area (Å²) in [6.07, 6.45) is 0. The molecule has 23 heavy (non-hydrogen) atoms. The molecule has 0 saturated carbocycles. The minimum atomic E-state index is 0.277. The fraction of sp³-hybridized carbons (Fsp3) is 0.368. The van der Waals surface area contributed by atoms with Crippen LogP contribution in [0.4, 0.5) is 5.69 Å². The van der Waals surface area contributed by atoms with Crippen LogP contribution in [-0.4, -0.2) is 44.7 Å². The number of nitrogens with zero attached hydrogens (tertiary/aromatic N) is 2. The summed E-state index contributed by atoms with van der Waals surface area (Å²) in [7, 11) is 1.69. The van der Waals surface area contributed by atoms with Crippen molar-refractivity contribution in [3.63, 3.8) is 0 Å². The van der Waals surface area contributed by atoms with Crippen molar-refractivity contribution in [1.82, 2.24) is 4.90 Å². The lowest BCUT2D eigenvalue weighted by Gasteiger charge is -2.40. The largest absolute Gasteiger partial charge is 0.497 e. The van der Waals surface area contributed by atoms with Gasteiger partial charge in [-0.15, -0.1) is 0 Å². The number of rotatable bonds is 5. The SMILES string of the molecule is COc1ccc([C@@H](CN)N2CCN(c3ccccc3)CC2)cc1. The first-order valence-corrected chi connectivity index (χ1v) is 8.20. The summed E-state index contributed by atoms with van der Waals surface area (Å²) in [6.45, 7) is 4.77. The van der Waals surface area contributed by atoms with E-state index in [2.05, 4.69) is 52.3 Å². The standard InChI is InChI=1S/C19H25N3O/c1-23-18-9-7-16(8-10-18)19(15-20)22-13-11-21(12-14-22)17-5-3-2-4-6-17/h2-10,19H,11-15,20H2,1H3/t19-/m1/s1. The van der Waals surface area contributed by atoms with Crippen molar-refractivity contribution in [3.05, 3.63) is 60.2 Å². The van der Waals surface area contributed by atoms with E-state index in [0.29, 0.717) is 6.54 Å². The average molecular weight is 311 g/mol. The molecule has 1 heterocycles. The number of hydrogen-bond acceptors (Lipinski definition) is 4. The number of ether oxygens (including phenoxy) is 1. The molecule has 1 aliphatic rings.